The monoisotopic (exact) mass is 403 g/mol. The number of hydrogen-bond donors (Lipinski definition) is 1. The van der Waals surface area contributed by atoms with Crippen LogP contribution in [0.4, 0.5) is 5.69 Å². The number of hydrogen-bond acceptors (Lipinski definition) is 3. The highest BCUT2D eigenvalue weighted by atomic mass is 16.4. The van der Waals surface area contributed by atoms with E-state index in [2.05, 4.69) is 69.4 Å². The number of rotatable bonds is 4. The first kappa shape index (κ1) is 20.5. The lowest BCUT2D eigenvalue weighted by atomic mass is 9.91. The summed E-state index contributed by atoms with van der Waals surface area (Å²) in [6, 6.07) is 6.65. The molecular weight excluding hydrogens is 373 g/mol. The number of carboxylic acids is 1. The molecule has 4 rings (SSSR count). The van der Waals surface area contributed by atoms with E-state index in [1.165, 1.54) is 38.9 Å². The van der Waals surface area contributed by atoms with E-state index < -0.39 is 5.97 Å². The van der Waals surface area contributed by atoms with Crippen molar-refractivity contribution in [2.75, 3.05) is 18.0 Å². The zero-order chi connectivity index (χ0) is 21.6. The van der Waals surface area contributed by atoms with Crippen molar-refractivity contribution < 1.29 is 9.90 Å². The number of carboxylic acid groups (broad SMARTS) is 1. The molecule has 1 saturated heterocycles. The second-order valence-corrected chi connectivity index (χ2v) is 8.94. The molecule has 0 radical (unpaired) electrons. The van der Waals surface area contributed by atoms with Crippen LogP contribution in [-0.2, 0) is 4.79 Å². The Balaban J connectivity index is 1.79. The van der Waals surface area contributed by atoms with Gasteiger partial charge in [0.25, 0.3) is 0 Å². The molecule has 30 heavy (non-hydrogen) atoms. The van der Waals surface area contributed by atoms with Gasteiger partial charge < -0.3 is 14.6 Å². The third-order valence-corrected chi connectivity index (χ3v) is 6.35. The molecule has 0 aliphatic carbocycles. The van der Waals surface area contributed by atoms with Crippen LogP contribution in [0.15, 0.2) is 24.4 Å². The third kappa shape index (κ3) is 3.71. The molecule has 0 atom stereocenters. The van der Waals surface area contributed by atoms with Crippen LogP contribution in [0.3, 0.4) is 0 Å². The predicted octanol–water partition coefficient (Wildman–Crippen LogP) is 3.21. The van der Waals surface area contributed by atoms with E-state index in [1.54, 1.807) is 0 Å². The first-order chi connectivity index (χ1) is 14.2. The lowest BCUT2D eigenvalue weighted by Gasteiger charge is -2.33. The van der Waals surface area contributed by atoms with Gasteiger partial charge in [-0.1, -0.05) is 17.6 Å². The smallest absolute Gasteiger partial charge is 0.303 e. The van der Waals surface area contributed by atoms with E-state index in [0.29, 0.717) is 0 Å². The van der Waals surface area contributed by atoms with Gasteiger partial charge in [-0.3, -0.25) is 4.79 Å². The van der Waals surface area contributed by atoms with E-state index in [-0.39, 0.29) is 12.3 Å². The van der Waals surface area contributed by atoms with Gasteiger partial charge in [0, 0.05) is 42.5 Å². The van der Waals surface area contributed by atoms with Crippen molar-refractivity contribution in [2.24, 2.45) is 5.92 Å². The van der Waals surface area contributed by atoms with Crippen molar-refractivity contribution in [3.8, 4) is 5.69 Å². The number of benzene rings is 1. The van der Waals surface area contributed by atoms with E-state index in [0.717, 1.165) is 37.3 Å². The maximum absolute atomic E-state index is 11.1. The maximum Gasteiger partial charge on any atom is 0.303 e. The average Bonchev–Trinajstić information content (AvgIpc) is 2.96. The molecule has 3 heterocycles. The fourth-order valence-electron chi connectivity index (χ4n) is 5.11. The van der Waals surface area contributed by atoms with Crippen molar-refractivity contribution in [3.63, 3.8) is 0 Å². The lowest BCUT2D eigenvalue weighted by molar-refractivity contribution is -0.138. The molecule has 3 aromatic rings. The van der Waals surface area contributed by atoms with Crippen LogP contribution in [0, 0.1) is 33.6 Å². The molecule has 1 aromatic carbocycles. The number of anilines is 1. The van der Waals surface area contributed by atoms with E-state index in [1.807, 2.05) is 0 Å². The average molecular weight is 403 g/mol. The lowest BCUT2D eigenvalue weighted by Crippen LogP contribution is -2.34. The summed E-state index contributed by atoms with van der Waals surface area (Å²) < 4.78 is 2.25. The van der Waals surface area contributed by atoms with Crippen LogP contribution in [-0.4, -0.2) is 41.6 Å². The molecule has 0 amide bonds. The van der Waals surface area contributed by atoms with Gasteiger partial charge in [0.2, 0.25) is 0 Å². The molecule has 1 N–H and O–H groups in total. The Morgan fingerprint density at radius 1 is 1.10 bits per heavy atom. The van der Waals surface area contributed by atoms with Crippen LogP contribution < -0.4 is 10.4 Å². The fraction of sp³-hybridized carbons (Fsp3) is 0.417. The van der Waals surface area contributed by atoms with Crippen LogP contribution in [0.5, 0.6) is 0 Å². The quantitative estimate of drug-likeness (QED) is 0.680. The summed E-state index contributed by atoms with van der Waals surface area (Å²) in [7, 11) is 2.14. The summed E-state index contributed by atoms with van der Waals surface area (Å²) >= 11 is 0. The Kier molecular flexibility index (Phi) is 5.35. The van der Waals surface area contributed by atoms with Gasteiger partial charge in [-0.25, -0.2) is 4.98 Å². The third-order valence-electron chi connectivity index (χ3n) is 6.35. The summed E-state index contributed by atoms with van der Waals surface area (Å²) in [6.45, 7) is 10.3. The highest BCUT2D eigenvalue weighted by Gasteiger charge is 2.25. The molecule has 0 bridgehead atoms. The number of fused-ring (bicyclic) bond motifs is 1. The largest absolute Gasteiger partial charge is 0.481 e. The van der Waals surface area contributed by atoms with Gasteiger partial charge in [-0.05, 0) is 69.2 Å². The molecule has 6 heteroatoms. The van der Waals surface area contributed by atoms with Crippen molar-refractivity contribution >= 4 is 36.0 Å². The number of aliphatic carboxylic acids is 1. The van der Waals surface area contributed by atoms with Gasteiger partial charge in [0.05, 0.1) is 5.69 Å². The Bertz CT molecular complexity index is 1100. The highest BCUT2D eigenvalue weighted by molar-refractivity contribution is 6.32. The molecule has 5 nitrogen and oxygen atoms in total. The number of pyridine rings is 1. The molecular formula is C24H30BN3O2. The number of aryl methyl sites for hydroxylation is 4. The van der Waals surface area contributed by atoms with Gasteiger partial charge in [-0.2, -0.15) is 0 Å². The van der Waals surface area contributed by atoms with Crippen LogP contribution >= 0.6 is 0 Å². The topological polar surface area (TPSA) is 58.4 Å². The Hall–Kier alpha value is -2.76. The van der Waals surface area contributed by atoms with Crippen LogP contribution in [0.1, 0.15) is 41.6 Å². The fourth-order valence-corrected chi connectivity index (χ4v) is 5.11. The minimum atomic E-state index is -0.688. The van der Waals surface area contributed by atoms with Gasteiger partial charge in [0.1, 0.15) is 13.5 Å². The normalized spacial score (nSPS) is 15.1. The second-order valence-electron chi connectivity index (χ2n) is 8.94. The van der Waals surface area contributed by atoms with Crippen molar-refractivity contribution in [1.82, 2.24) is 9.55 Å². The Morgan fingerprint density at radius 3 is 2.33 bits per heavy atom. The summed E-state index contributed by atoms with van der Waals surface area (Å²) in [5, 5.41) is 10.3. The number of carbonyl (C=O) groups is 1. The molecule has 0 unspecified atom stereocenters. The molecule has 1 aliphatic heterocycles. The minimum absolute atomic E-state index is 0.278. The van der Waals surface area contributed by atoms with E-state index in [4.69, 9.17) is 10.1 Å². The molecule has 1 aliphatic rings. The SMILES string of the molecule is Bc1cc(C)c(-n2cc(C)c3c(N4CCC(CC(=O)O)CC4)cc(C)nc32)c(C)c1. The second kappa shape index (κ2) is 7.82. The zero-order valence-corrected chi connectivity index (χ0v) is 18.6. The Labute approximate surface area is 179 Å². The minimum Gasteiger partial charge on any atom is -0.481 e. The Morgan fingerprint density at radius 2 is 1.73 bits per heavy atom. The van der Waals surface area contributed by atoms with Gasteiger partial charge in [0.15, 0.2) is 0 Å². The first-order valence-electron chi connectivity index (χ1n) is 10.8. The predicted molar refractivity (Wildman–Crippen MR) is 125 cm³/mol. The van der Waals surface area contributed by atoms with E-state index in [9.17, 15) is 4.79 Å². The standard InChI is InChI=1S/C24H30BN3O2/c1-14-9-19(25)10-15(2)23(14)28-13-16(3)22-20(11-17(4)26-24(22)28)27-7-5-18(6-8-27)12-21(29)30/h9-11,13,18H,5-8,12,25H2,1-4H3,(H,29,30). The van der Waals surface area contributed by atoms with Crippen LogP contribution in [0.2, 0.25) is 0 Å². The maximum atomic E-state index is 11.1. The van der Waals surface area contributed by atoms with E-state index >= 15 is 0 Å². The molecule has 0 saturated carbocycles. The zero-order valence-electron chi connectivity index (χ0n) is 18.6. The molecule has 156 valence electrons. The molecule has 1 fully saturated rings. The number of aromatic nitrogens is 2. The van der Waals surface area contributed by atoms with Crippen molar-refractivity contribution in [3.05, 3.63) is 46.8 Å². The molecule has 0 spiro atoms. The number of piperidine rings is 1. The highest BCUT2D eigenvalue weighted by Crippen LogP contribution is 2.36. The summed E-state index contributed by atoms with van der Waals surface area (Å²) in [4.78, 5) is 18.4. The van der Waals surface area contributed by atoms with Crippen molar-refractivity contribution in [2.45, 2.75) is 47.0 Å². The molecule has 2 aromatic heterocycles. The first-order valence-corrected chi connectivity index (χ1v) is 10.8. The van der Waals surface area contributed by atoms with Crippen molar-refractivity contribution in [1.29, 1.82) is 0 Å². The summed E-state index contributed by atoms with van der Waals surface area (Å²) in [5.41, 5.74) is 9.45. The van der Waals surface area contributed by atoms with Gasteiger partial charge in [-0.15, -0.1) is 0 Å². The summed E-state index contributed by atoms with van der Waals surface area (Å²) in [6.07, 6.45) is 4.33. The van der Waals surface area contributed by atoms with Gasteiger partial charge >= 0.3 is 5.97 Å². The number of nitrogens with zero attached hydrogens (tertiary/aromatic N) is 3. The van der Waals surface area contributed by atoms with Crippen LogP contribution in [0.25, 0.3) is 16.7 Å². The summed E-state index contributed by atoms with van der Waals surface area (Å²) in [5.74, 6) is -0.409.